The summed E-state index contributed by atoms with van der Waals surface area (Å²) in [4.78, 5) is 22.5. The topological polar surface area (TPSA) is 98.3 Å². The van der Waals surface area contributed by atoms with Crippen molar-refractivity contribution in [3.8, 4) is 0 Å². The summed E-state index contributed by atoms with van der Waals surface area (Å²) in [5.41, 5.74) is 6.94. The number of aryl methyl sites for hydroxylation is 2. The van der Waals surface area contributed by atoms with Crippen LogP contribution in [0.1, 0.15) is 30.4 Å². The molecule has 0 radical (unpaired) electrons. The van der Waals surface area contributed by atoms with E-state index in [4.69, 9.17) is 5.73 Å². The molecular weight excluding hydrogens is 246 g/mol. The average Bonchev–Trinajstić information content (AvgIpc) is 2.28. The first-order valence-electron chi connectivity index (χ1n) is 6.19. The van der Waals surface area contributed by atoms with Gasteiger partial charge in [0.2, 0.25) is 5.91 Å². The van der Waals surface area contributed by atoms with Crippen molar-refractivity contribution < 1.29 is 9.72 Å². The fourth-order valence-electron chi connectivity index (χ4n) is 2.20. The van der Waals surface area contributed by atoms with Gasteiger partial charge in [0.05, 0.1) is 16.1 Å². The van der Waals surface area contributed by atoms with Crippen LogP contribution in [0.5, 0.6) is 0 Å². The minimum atomic E-state index is -0.813. The summed E-state index contributed by atoms with van der Waals surface area (Å²) < 4.78 is 0. The van der Waals surface area contributed by atoms with Crippen LogP contribution in [0.2, 0.25) is 0 Å². The smallest absolute Gasteiger partial charge is 0.274 e. The fraction of sp³-hybridized carbons (Fsp3) is 0.462. The number of nitrogens with two attached hydrogens (primary N) is 1. The molecule has 1 amide bonds. The molecule has 0 heterocycles. The number of hydrogen-bond donors (Lipinski definition) is 2. The highest BCUT2D eigenvalue weighted by Crippen LogP contribution is 2.32. The number of carbonyl (C=O) groups excluding carboxylic acids is 1. The van der Waals surface area contributed by atoms with E-state index < -0.39 is 10.5 Å². The summed E-state index contributed by atoms with van der Waals surface area (Å²) >= 11 is 0. The second-order valence-corrected chi connectivity index (χ2v) is 5.17. The van der Waals surface area contributed by atoms with E-state index in [9.17, 15) is 14.9 Å². The number of nitro benzene ring substituents is 1. The lowest BCUT2D eigenvalue weighted by Crippen LogP contribution is -2.56. The molecule has 1 aliphatic carbocycles. The van der Waals surface area contributed by atoms with Gasteiger partial charge in [-0.1, -0.05) is 0 Å². The van der Waals surface area contributed by atoms with Crippen molar-refractivity contribution in [2.75, 3.05) is 5.32 Å². The van der Waals surface area contributed by atoms with Crippen LogP contribution in [0.4, 0.5) is 11.4 Å². The fourth-order valence-corrected chi connectivity index (χ4v) is 2.20. The number of nitrogens with zero attached hydrogens (tertiary/aromatic N) is 1. The predicted molar refractivity (Wildman–Crippen MR) is 72.0 cm³/mol. The Morgan fingerprint density at radius 2 is 2.00 bits per heavy atom. The molecule has 102 valence electrons. The van der Waals surface area contributed by atoms with Crippen LogP contribution in [0.25, 0.3) is 0 Å². The molecule has 1 saturated carbocycles. The van der Waals surface area contributed by atoms with E-state index in [1.54, 1.807) is 19.9 Å². The van der Waals surface area contributed by atoms with E-state index >= 15 is 0 Å². The number of hydrogen-bond acceptors (Lipinski definition) is 4. The number of carbonyl (C=O) groups is 1. The molecular formula is C13H17N3O3. The number of nitro groups is 1. The summed E-state index contributed by atoms with van der Waals surface area (Å²) in [5.74, 6) is -0.264. The van der Waals surface area contributed by atoms with Crippen LogP contribution in [-0.2, 0) is 4.79 Å². The Bertz CT molecular complexity index is 550. The third-order valence-corrected chi connectivity index (χ3v) is 3.69. The maximum absolute atomic E-state index is 12.0. The first-order valence-corrected chi connectivity index (χ1v) is 6.19. The number of amides is 1. The van der Waals surface area contributed by atoms with Crippen molar-refractivity contribution in [3.05, 3.63) is 33.4 Å². The van der Waals surface area contributed by atoms with Gasteiger partial charge in [0, 0.05) is 11.6 Å². The van der Waals surface area contributed by atoms with Crippen molar-refractivity contribution in [3.63, 3.8) is 0 Å². The Morgan fingerprint density at radius 3 is 2.47 bits per heavy atom. The molecule has 0 atom stereocenters. The molecule has 3 N–H and O–H groups in total. The molecule has 0 aromatic heterocycles. The molecule has 1 aliphatic rings. The van der Waals surface area contributed by atoms with Gasteiger partial charge in [0.1, 0.15) is 0 Å². The zero-order chi connectivity index (χ0) is 14.2. The van der Waals surface area contributed by atoms with Gasteiger partial charge < -0.3 is 11.1 Å². The van der Waals surface area contributed by atoms with Gasteiger partial charge >= 0.3 is 0 Å². The summed E-state index contributed by atoms with van der Waals surface area (Å²) in [5, 5.41) is 13.6. The average molecular weight is 263 g/mol. The van der Waals surface area contributed by atoms with Crippen LogP contribution in [-0.4, -0.2) is 16.4 Å². The quantitative estimate of drug-likeness (QED) is 0.644. The van der Waals surface area contributed by atoms with Crippen molar-refractivity contribution in [2.24, 2.45) is 5.73 Å². The van der Waals surface area contributed by atoms with E-state index in [0.29, 0.717) is 24.1 Å². The maximum atomic E-state index is 12.0. The van der Waals surface area contributed by atoms with Gasteiger partial charge in [-0.3, -0.25) is 14.9 Å². The minimum Gasteiger partial charge on any atom is -0.324 e. The second-order valence-electron chi connectivity index (χ2n) is 5.17. The van der Waals surface area contributed by atoms with Crippen LogP contribution >= 0.6 is 0 Å². The van der Waals surface area contributed by atoms with Gasteiger partial charge in [0.15, 0.2) is 0 Å². The molecule has 1 aromatic carbocycles. The number of benzene rings is 1. The number of anilines is 1. The normalized spacial score (nSPS) is 16.6. The van der Waals surface area contributed by atoms with Crippen LogP contribution in [0, 0.1) is 24.0 Å². The Hall–Kier alpha value is -1.95. The first kappa shape index (κ1) is 13.5. The van der Waals surface area contributed by atoms with Gasteiger partial charge in [-0.05, 0) is 44.7 Å². The van der Waals surface area contributed by atoms with E-state index in [0.717, 1.165) is 12.0 Å². The van der Waals surface area contributed by atoms with Crippen molar-refractivity contribution in [2.45, 2.75) is 38.6 Å². The van der Waals surface area contributed by atoms with E-state index in [2.05, 4.69) is 5.32 Å². The Labute approximate surface area is 111 Å². The van der Waals surface area contributed by atoms with E-state index in [-0.39, 0.29) is 11.6 Å². The predicted octanol–water partition coefficient (Wildman–Crippen LogP) is 2.03. The first-order chi connectivity index (χ1) is 8.83. The highest BCUT2D eigenvalue weighted by Gasteiger charge is 2.40. The van der Waals surface area contributed by atoms with E-state index in [1.165, 1.54) is 6.07 Å². The van der Waals surface area contributed by atoms with Crippen LogP contribution < -0.4 is 11.1 Å². The third-order valence-electron chi connectivity index (χ3n) is 3.69. The van der Waals surface area contributed by atoms with Crippen molar-refractivity contribution in [1.29, 1.82) is 0 Å². The summed E-state index contributed by atoms with van der Waals surface area (Å²) in [7, 11) is 0. The molecule has 1 fully saturated rings. The standard InChI is InChI=1S/C13H17N3O3/c1-8-6-9(2)11(16(18)19)7-10(8)15-12(17)13(14)4-3-5-13/h6-7H,3-5,14H2,1-2H3,(H,15,17). The number of rotatable bonds is 3. The summed E-state index contributed by atoms with van der Waals surface area (Å²) in [6, 6.07) is 3.09. The lowest BCUT2D eigenvalue weighted by molar-refractivity contribution is -0.385. The molecule has 19 heavy (non-hydrogen) atoms. The molecule has 0 unspecified atom stereocenters. The molecule has 2 rings (SSSR count). The molecule has 0 spiro atoms. The summed E-state index contributed by atoms with van der Waals surface area (Å²) in [6.07, 6.45) is 2.26. The lowest BCUT2D eigenvalue weighted by atomic mass is 9.77. The van der Waals surface area contributed by atoms with Gasteiger partial charge in [0.25, 0.3) is 5.69 Å². The number of nitrogens with one attached hydrogen (secondary N) is 1. The molecule has 0 aliphatic heterocycles. The van der Waals surface area contributed by atoms with Gasteiger partial charge in [-0.15, -0.1) is 0 Å². The minimum absolute atomic E-state index is 0.000538. The zero-order valence-electron chi connectivity index (χ0n) is 11.0. The molecule has 6 nitrogen and oxygen atoms in total. The molecule has 1 aromatic rings. The molecule has 0 saturated heterocycles. The highest BCUT2D eigenvalue weighted by atomic mass is 16.6. The third kappa shape index (κ3) is 2.44. The molecule has 0 bridgehead atoms. The van der Waals surface area contributed by atoms with Gasteiger partial charge in [-0.25, -0.2) is 0 Å². The second kappa shape index (κ2) is 4.62. The Kier molecular flexibility index (Phi) is 3.28. The molecule has 6 heteroatoms. The Morgan fingerprint density at radius 1 is 1.37 bits per heavy atom. The van der Waals surface area contributed by atoms with E-state index in [1.807, 2.05) is 0 Å². The van der Waals surface area contributed by atoms with Crippen molar-refractivity contribution in [1.82, 2.24) is 0 Å². The van der Waals surface area contributed by atoms with Crippen LogP contribution in [0.3, 0.4) is 0 Å². The zero-order valence-corrected chi connectivity index (χ0v) is 11.0. The monoisotopic (exact) mass is 263 g/mol. The van der Waals surface area contributed by atoms with Gasteiger partial charge in [-0.2, -0.15) is 0 Å². The summed E-state index contributed by atoms with van der Waals surface area (Å²) in [6.45, 7) is 3.48. The maximum Gasteiger partial charge on any atom is 0.274 e. The largest absolute Gasteiger partial charge is 0.324 e. The lowest BCUT2D eigenvalue weighted by Gasteiger charge is -2.36. The Balaban J connectivity index is 2.27. The SMILES string of the molecule is Cc1cc(C)c([N+](=O)[O-])cc1NC(=O)C1(N)CCC1. The highest BCUT2D eigenvalue weighted by molar-refractivity contribution is 5.99. The van der Waals surface area contributed by atoms with Crippen LogP contribution in [0.15, 0.2) is 12.1 Å². The van der Waals surface area contributed by atoms with Crippen molar-refractivity contribution >= 4 is 17.3 Å².